The number of rotatable bonds is 3. The van der Waals surface area contributed by atoms with Gasteiger partial charge >= 0.3 is 0 Å². The van der Waals surface area contributed by atoms with Crippen molar-refractivity contribution in [2.45, 2.75) is 19.5 Å². The first-order chi connectivity index (χ1) is 6.75. The van der Waals surface area contributed by atoms with Gasteiger partial charge in [0.1, 0.15) is 6.33 Å². The molecule has 0 radical (unpaired) electrons. The van der Waals surface area contributed by atoms with E-state index in [0.29, 0.717) is 12.4 Å². The second-order valence-corrected chi connectivity index (χ2v) is 4.03. The Morgan fingerprint density at radius 2 is 2.50 bits per heavy atom. The maximum atomic E-state index is 5.65. The summed E-state index contributed by atoms with van der Waals surface area (Å²) in [5, 5.41) is 4.24. The second kappa shape index (κ2) is 3.85. The van der Waals surface area contributed by atoms with Gasteiger partial charge < -0.3 is 5.73 Å². The van der Waals surface area contributed by atoms with Gasteiger partial charge in [0.15, 0.2) is 5.82 Å². The third-order valence-corrected chi connectivity index (χ3v) is 2.53. The summed E-state index contributed by atoms with van der Waals surface area (Å²) in [6, 6.07) is -0.113. The smallest absolute Gasteiger partial charge is 0.166 e. The standard InChI is InChI=1S/C8H11N5S/c1-6(9)8-11-4-13(12-8)3-7-2-10-5-14-7/h2,4-6H,3,9H2,1H3. The van der Waals surface area contributed by atoms with E-state index < -0.39 is 0 Å². The first-order valence-electron chi connectivity index (χ1n) is 4.28. The lowest BCUT2D eigenvalue weighted by Gasteiger charge is -1.97. The van der Waals surface area contributed by atoms with Crippen LogP contribution in [0.3, 0.4) is 0 Å². The minimum Gasteiger partial charge on any atom is -0.321 e. The average molecular weight is 209 g/mol. The van der Waals surface area contributed by atoms with Gasteiger partial charge in [0, 0.05) is 11.1 Å². The van der Waals surface area contributed by atoms with Gasteiger partial charge in [-0.2, -0.15) is 5.10 Å². The van der Waals surface area contributed by atoms with E-state index in [2.05, 4.69) is 15.1 Å². The Bertz CT molecular complexity index is 392. The Labute approximate surface area is 85.6 Å². The summed E-state index contributed by atoms with van der Waals surface area (Å²) in [5.74, 6) is 0.675. The first kappa shape index (κ1) is 9.29. The molecule has 14 heavy (non-hydrogen) atoms. The van der Waals surface area contributed by atoms with Crippen molar-refractivity contribution in [2.75, 3.05) is 0 Å². The fourth-order valence-electron chi connectivity index (χ4n) is 1.07. The number of aromatic nitrogens is 4. The predicted octanol–water partition coefficient (Wildman–Crippen LogP) is 0.803. The maximum Gasteiger partial charge on any atom is 0.166 e. The van der Waals surface area contributed by atoms with Crippen LogP contribution in [0.4, 0.5) is 0 Å². The number of nitrogens with two attached hydrogens (primary N) is 1. The summed E-state index contributed by atoms with van der Waals surface area (Å²) in [7, 11) is 0. The predicted molar refractivity (Wildman–Crippen MR) is 53.8 cm³/mol. The lowest BCUT2D eigenvalue weighted by atomic mass is 10.4. The van der Waals surface area contributed by atoms with Gasteiger partial charge in [-0.15, -0.1) is 11.3 Å². The van der Waals surface area contributed by atoms with Gasteiger partial charge in [-0.05, 0) is 6.92 Å². The van der Waals surface area contributed by atoms with E-state index in [9.17, 15) is 0 Å². The molecule has 2 aromatic heterocycles. The molecule has 0 fully saturated rings. The highest BCUT2D eigenvalue weighted by molar-refractivity contribution is 7.09. The summed E-state index contributed by atoms with van der Waals surface area (Å²) in [6.45, 7) is 2.58. The Kier molecular flexibility index (Phi) is 2.55. The van der Waals surface area contributed by atoms with Crippen LogP contribution >= 0.6 is 11.3 Å². The van der Waals surface area contributed by atoms with Crippen LogP contribution in [0.25, 0.3) is 0 Å². The number of thiazole rings is 1. The summed E-state index contributed by atoms with van der Waals surface area (Å²) < 4.78 is 1.77. The van der Waals surface area contributed by atoms with Crippen LogP contribution in [0.15, 0.2) is 18.0 Å². The van der Waals surface area contributed by atoms with Crippen LogP contribution in [0.5, 0.6) is 0 Å². The van der Waals surface area contributed by atoms with E-state index in [4.69, 9.17) is 5.73 Å². The van der Waals surface area contributed by atoms with Crippen molar-refractivity contribution >= 4 is 11.3 Å². The Balaban J connectivity index is 2.11. The maximum absolute atomic E-state index is 5.65. The molecule has 5 nitrogen and oxygen atoms in total. The van der Waals surface area contributed by atoms with E-state index >= 15 is 0 Å². The Hall–Kier alpha value is -1.27. The summed E-state index contributed by atoms with van der Waals surface area (Å²) in [4.78, 5) is 9.26. The van der Waals surface area contributed by atoms with Crippen LogP contribution in [-0.4, -0.2) is 19.7 Å². The molecule has 0 amide bonds. The molecule has 0 aliphatic rings. The molecule has 2 N–H and O–H groups in total. The van der Waals surface area contributed by atoms with Crippen LogP contribution < -0.4 is 5.73 Å². The molecule has 0 aliphatic heterocycles. The molecule has 0 aliphatic carbocycles. The van der Waals surface area contributed by atoms with Crippen molar-refractivity contribution in [3.8, 4) is 0 Å². The molecule has 6 heteroatoms. The zero-order chi connectivity index (χ0) is 9.97. The van der Waals surface area contributed by atoms with Crippen LogP contribution in [0.1, 0.15) is 23.7 Å². The highest BCUT2D eigenvalue weighted by Crippen LogP contribution is 2.08. The molecule has 2 rings (SSSR count). The molecule has 2 aromatic rings. The molecule has 0 spiro atoms. The normalized spacial score (nSPS) is 13.0. The van der Waals surface area contributed by atoms with E-state index in [1.165, 1.54) is 0 Å². The fraction of sp³-hybridized carbons (Fsp3) is 0.375. The Morgan fingerprint density at radius 1 is 1.64 bits per heavy atom. The summed E-state index contributed by atoms with van der Waals surface area (Å²) in [6.07, 6.45) is 3.52. The molecule has 2 heterocycles. The molecule has 0 saturated heterocycles. The summed E-state index contributed by atoms with van der Waals surface area (Å²) in [5.41, 5.74) is 7.46. The van der Waals surface area contributed by atoms with Crippen molar-refractivity contribution in [1.29, 1.82) is 0 Å². The third-order valence-electron chi connectivity index (χ3n) is 1.76. The molecule has 0 aromatic carbocycles. The fourth-order valence-corrected chi connectivity index (χ4v) is 1.66. The second-order valence-electron chi connectivity index (χ2n) is 3.06. The van der Waals surface area contributed by atoms with Crippen molar-refractivity contribution < 1.29 is 0 Å². The molecule has 0 bridgehead atoms. The van der Waals surface area contributed by atoms with Gasteiger partial charge in [-0.3, -0.25) is 4.98 Å². The zero-order valence-electron chi connectivity index (χ0n) is 7.79. The molecule has 74 valence electrons. The highest BCUT2D eigenvalue weighted by atomic mass is 32.1. The SMILES string of the molecule is CC(N)c1ncn(Cc2cncs2)n1. The number of nitrogens with zero attached hydrogens (tertiary/aromatic N) is 4. The molecular weight excluding hydrogens is 198 g/mol. The van der Waals surface area contributed by atoms with Gasteiger partial charge in [-0.25, -0.2) is 9.67 Å². The third kappa shape index (κ3) is 1.97. The number of hydrogen-bond donors (Lipinski definition) is 1. The molecule has 1 atom stereocenters. The van der Waals surface area contributed by atoms with Crippen LogP contribution in [0.2, 0.25) is 0 Å². The Morgan fingerprint density at radius 3 is 3.07 bits per heavy atom. The van der Waals surface area contributed by atoms with E-state index in [1.54, 1.807) is 27.9 Å². The van der Waals surface area contributed by atoms with Gasteiger partial charge in [0.05, 0.1) is 18.1 Å². The topological polar surface area (TPSA) is 69.6 Å². The van der Waals surface area contributed by atoms with Crippen LogP contribution in [-0.2, 0) is 6.54 Å². The van der Waals surface area contributed by atoms with Crippen molar-refractivity contribution in [3.63, 3.8) is 0 Å². The van der Waals surface area contributed by atoms with E-state index in [0.717, 1.165) is 4.88 Å². The lowest BCUT2D eigenvalue weighted by Crippen LogP contribution is -2.08. The quantitative estimate of drug-likeness (QED) is 0.811. The largest absolute Gasteiger partial charge is 0.321 e. The van der Waals surface area contributed by atoms with Crippen LogP contribution in [0, 0.1) is 0 Å². The number of hydrogen-bond acceptors (Lipinski definition) is 5. The molecular formula is C8H11N5S. The van der Waals surface area contributed by atoms with E-state index in [-0.39, 0.29) is 6.04 Å². The van der Waals surface area contributed by atoms with Crippen molar-refractivity contribution in [3.05, 3.63) is 28.7 Å². The van der Waals surface area contributed by atoms with Crippen molar-refractivity contribution in [1.82, 2.24) is 19.7 Å². The average Bonchev–Trinajstić information content (AvgIpc) is 2.75. The van der Waals surface area contributed by atoms with Gasteiger partial charge in [0.25, 0.3) is 0 Å². The minimum atomic E-state index is -0.113. The van der Waals surface area contributed by atoms with Crippen molar-refractivity contribution in [2.24, 2.45) is 5.73 Å². The van der Waals surface area contributed by atoms with Gasteiger partial charge in [0.2, 0.25) is 0 Å². The molecule has 0 saturated carbocycles. The zero-order valence-corrected chi connectivity index (χ0v) is 8.61. The van der Waals surface area contributed by atoms with E-state index in [1.807, 2.05) is 13.1 Å². The lowest BCUT2D eigenvalue weighted by molar-refractivity contribution is 0.654. The molecule has 1 unspecified atom stereocenters. The first-order valence-corrected chi connectivity index (χ1v) is 5.16. The monoisotopic (exact) mass is 209 g/mol. The highest BCUT2D eigenvalue weighted by Gasteiger charge is 2.05. The summed E-state index contributed by atoms with van der Waals surface area (Å²) >= 11 is 1.60. The minimum absolute atomic E-state index is 0.113. The van der Waals surface area contributed by atoms with Gasteiger partial charge in [-0.1, -0.05) is 0 Å².